The zero-order valence-corrected chi connectivity index (χ0v) is 16.5. The molecule has 0 fully saturated rings. The molecule has 3 rings (SSSR count). The predicted octanol–water partition coefficient (Wildman–Crippen LogP) is 2.69. The molecule has 0 unspecified atom stereocenters. The molecular weight excluding hydrogens is 394 g/mol. The summed E-state index contributed by atoms with van der Waals surface area (Å²) in [6.45, 7) is 4.63. The van der Waals surface area contributed by atoms with Crippen molar-refractivity contribution in [1.29, 1.82) is 0 Å². The van der Waals surface area contributed by atoms with E-state index in [1.165, 1.54) is 19.1 Å². The molecule has 0 spiro atoms. The number of carbonyl (C=O) groups is 2. The van der Waals surface area contributed by atoms with E-state index in [1.807, 2.05) is 26.0 Å². The van der Waals surface area contributed by atoms with E-state index in [2.05, 4.69) is 5.32 Å². The number of rotatable bonds is 6. The highest BCUT2D eigenvalue weighted by atomic mass is 16.6. The zero-order valence-electron chi connectivity index (χ0n) is 16.5. The maximum Gasteiger partial charge on any atom is 0.420 e. The third-order valence-corrected chi connectivity index (χ3v) is 4.48. The van der Waals surface area contributed by atoms with Crippen LogP contribution in [0.15, 0.2) is 45.6 Å². The zero-order chi connectivity index (χ0) is 22.0. The second kappa shape index (κ2) is 8.19. The number of hydrogen-bond donors (Lipinski definition) is 1. The minimum Gasteiger partial charge on any atom is -0.451 e. The molecule has 1 amide bonds. The Morgan fingerprint density at radius 1 is 1.23 bits per heavy atom. The molecule has 0 saturated heterocycles. The highest BCUT2D eigenvalue weighted by Crippen LogP contribution is 2.20. The third-order valence-electron chi connectivity index (χ3n) is 4.48. The van der Waals surface area contributed by atoms with Crippen molar-refractivity contribution in [3.63, 3.8) is 0 Å². The molecule has 10 nitrogen and oxygen atoms in total. The number of nitrogens with zero attached hydrogens (tertiary/aromatic N) is 2. The molecule has 3 aromatic rings. The fraction of sp³-hybridized carbons (Fsp3) is 0.250. The number of nitrogens with one attached hydrogen (secondary N) is 1. The molecule has 0 saturated carbocycles. The fourth-order valence-electron chi connectivity index (χ4n) is 2.84. The van der Waals surface area contributed by atoms with Crippen LogP contribution in [-0.4, -0.2) is 27.5 Å². The van der Waals surface area contributed by atoms with Crippen LogP contribution in [0.3, 0.4) is 0 Å². The molecular formula is C20H19N3O7. The van der Waals surface area contributed by atoms with Crippen LogP contribution in [0.1, 0.15) is 18.1 Å². The Bertz CT molecular complexity index is 1210. The van der Waals surface area contributed by atoms with Gasteiger partial charge in [-0.15, -0.1) is 0 Å². The maximum absolute atomic E-state index is 12.4. The minimum absolute atomic E-state index is 0.0253. The molecule has 0 aliphatic rings. The van der Waals surface area contributed by atoms with Gasteiger partial charge in [-0.05, 0) is 44.0 Å². The van der Waals surface area contributed by atoms with E-state index >= 15 is 0 Å². The van der Waals surface area contributed by atoms with Gasteiger partial charge in [-0.25, -0.2) is 4.79 Å². The molecule has 0 aliphatic carbocycles. The lowest BCUT2D eigenvalue weighted by molar-refractivity contribution is -0.384. The maximum atomic E-state index is 12.4. The van der Waals surface area contributed by atoms with Gasteiger partial charge in [0, 0.05) is 11.8 Å². The Balaban J connectivity index is 1.70. The first kappa shape index (κ1) is 20.8. The van der Waals surface area contributed by atoms with Gasteiger partial charge in [-0.1, -0.05) is 12.1 Å². The largest absolute Gasteiger partial charge is 0.451 e. The van der Waals surface area contributed by atoms with Crippen LogP contribution >= 0.6 is 0 Å². The van der Waals surface area contributed by atoms with Crippen molar-refractivity contribution in [2.75, 3.05) is 5.32 Å². The molecule has 156 valence electrons. The number of aromatic nitrogens is 1. The van der Waals surface area contributed by atoms with Crippen LogP contribution in [0.25, 0.3) is 11.1 Å². The highest BCUT2D eigenvalue weighted by Gasteiger charge is 2.21. The summed E-state index contributed by atoms with van der Waals surface area (Å²) in [7, 11) is 0. The standard InChI is InChI=1S/C20H19N3O7/c1-11-4-5-12(2)15(8-11)21-19(25)13(3)29-18(24)10-22-16-7-6-14(23(27)28)9-17(16)30-20(22)26/h4-9,13H,10H2,1-3H3,(H,21,25)/t13-/m0/s1. The van der Waals surface area contributed by atoms with Crippen LogP contribution in [0.5, 0.6) is 0 Å². The minimum atomic E-state index is -1.10. The molecule has 2 aromatic carbocycles. The van der Waals surface area contributed by atoms with E-state index in [9.17, 15) is 24.5 Å². The smallest absolute Gasteiger partial charge is 0.420 e. The summed E-state index contributed by atoms with van der Waals surface area (Å²) >= 11 is 0. The van der Waals surface area contributed by atoms with Crippen LogP contribution in [0, 0.1) is 24.0 Å². The van der Waals surface area contributed by atoms with Gasteiger partial charge in [0.05, 0.1) is 16.5 Å². The summed E-state index contributed by atoms with van der Waals surface area (Å²) in [6.07, 6.45) is -1.10. The first-order chi connectivity index (χ1) is 14.2. The quantitative estimate of drug-likeness (QED) is 0.373. The fourth-order valence-corrected chi connectivity index (χ4v) is 2.84. The Kier molecular flexibility index (Phi) is 5.67. The van der Waals surface area contributed by atoms with Gasteiger partial charge in [0.1, 0.15) is 6.54 Å². The van der Waals surface area contributed by atoms with E-state index < -0.39 is 35.2 Å². The molecule has 30 heavy (non-hydrogen) atoms. The number of nitro groups is 1. The topological polar surface area (TPSA) is 134 Å². The summed E-state index contributed by atoms with van der Waals surface area (Å²) in [4.78, 5) is 46.9. The first-order valence-corrected chi connectivity index (χ1v) is 9.01. The predicted molar refractivity (Wildman–Crippen MR) is 107 cm³/mol. The average molecular weight is 413 g/mol. The summed E-state index contributed by atoms with van der Waals surface area (Å²) in [5.41, 5.74) is 2.37. The van der Waals surface area contributed by atoms with Gasteiger partial charge < -0.3 is 14.5 Å². The van der Waals surface area contributed by atoms with Gasteiger partial charge in [0.25, 0.3) is 11.6 Å². The molecule has 0 radical (unpaired) electrons. The number of ether oxygens (including phenoxy) is 1. The van der Waals surface area contributed by atoms with Crippen LogP contribution < -0.4 is 11.1 Å². The molecule has 1 aromatic heterocycles. The second-order valence-electron chi connectivity index (χ2n) is 6.80. The van der Waals surface area contributed by atoms with Crippen molar-refractivity contribution in [2.24, 2.45) is 0 Å². The van der Waals surface area contributed by atoms with Gasteiger partial charge in [0.2, 0.25) is 0 Å². The van der Waals surface area contributed by atoms with Gasteiger partial charge >= 0.3 is 11.7 Å². The molecule has 1 heterocycles. The van der Waals surface area contributed by atoms with Crippen molar-refractivity contribution in [2.45, 2.75) is 33.4 Å². The molecule has 10 heteroatoms. The van der Waals surface area contributed by atoms with Crippen molar-refractivity contribution >= 4 is 34.4 Å². The summed E-state index contributed by atoms with van der Waals surface area (Å²) in [5, 5.41) is 13.5. The Morgan fingerprint density at radius 3 is 2.67 bits per heavy atom. The Morgan fingerprint density at radius 2 is 1.97 bits per heavy atom. The van der Waals surface area contributed by atoms with Crippen molar-refractivity contribution < 1.29 is 23.7 Å². The summed E-state index contributed by atoms with van der Waals surface area (Å²) in [5.74, 6) is -2.21. The summed E-state index contributed by atoms with van der Waals surface area (Å²) in [6, 6.07) is 9.18. The monoisotopic (exact) mass is 413 g/mol. The number of non-ortho nitro benzene ring substituents is 1. The number of benzene rings is 2. The number of hydrogen-bond acceptors (Lipinski definition) is 7. The van der Waals surface area contributed by atoms with Crippen molar-refractivity contribution in [3.05, 3.63) is 68.2 Å². The number of fused-ring (bicyclic) bond motifs is 1. The normalized spacial score (nSPS) is 11.8. The number of nitro benzene ring substituents is 1. The lowest BCUT2D eigenvalue weighted by Crippen LogP contribution is -2.32. The lowest BCUT2D eigenvalue weighted by Gasteiger charge is -2.15. The molecule has 0 bridgehead atoms. The number of aryl methyl sites for hydroxylation is 2. The summed E-state index contributed by atoms with van der Waals surface area (Å²) < 4.78 is 11.1. The van der Waals surface area contributed by atoms with Crippen molar-refractivity contribution in [3.8, 4) is 0 Å². The number of oxazole rings is 1. The average Bonchev–Trinajstić information content (AvgIpc) is 2.99. The van der Waals surface area contributed by atoms with Crippen LogP contribution in [0.4, 0.5) is 11.4 Å². The lowest BCUT2D eigenvalue weighted by atomic mass is 10.1. The highest BCUT2D eigenvalue weighted by molar-refractivity contribution is 5.95. The van der Waals surface area contributed by atoms with E-state index in [1.54, 1.807) is 6.07 Å². The molecule has 1 N–H and O–H groups in total. The van der Waals surface area contributed by atoms with E-state index in [0.29, 0.717) is 5.69 Å². The molecule has 0 aliphatic heterocycles. The van der Waals surface area contributed by atoms with E-state index in [4.69, 9.17) is 9.15 Å². The van der Waals surface area contributed by atoms with Gasteiger partial charge in [-0.3, -0.25) is 24.3 Å². The number of carbonyl (C=O) groups excluding carboxylic acids is 2. The Hall–Kier alpha value is -3.95. The van der Waals surface area contributed by atoms with Crippen LogP contribution in [0.2, 0.25) is 0 Å². The number of esters is 1. The Labute approximate surface area is 170 Å². The van der Waals surface area contributed by atoms with Crippen molar-refractivity contribution in [1.82, 2.24) is 4.57 Å². The SMILES string of the molecule is Cc1ccc(C)c(NC(=O)[C@H](C)OC(=O)Cn2c(=O)oc3cc([N+](=O)[O-])ccc32)c1. The number of amides is 1. The van der Waals surface area contributed by atoms with E-state index in [-0.39, 0.29) is 16.8 Å². The van der Waals surface area contributed by atoms with E-state index in [0.717, 1.165) is 21.8 Å². The van der Waals surface area contributed by atoms with Crippen LogP contribution in [-0.2, 0) is 20.9 Å². The van der Waals surface area contributed by atoms with Gasteiger partial charge in [0.15, 0.2) is 11.7 Å². The first-order valence-electron chi connectivity index (χ1n) is 9.01. The van der Waals surface area contributed by atoms with Gasteiger partial charge in [-0.2, -0.15) is 0 Å². The molecule has 1 atom stereocenters. The number of anilines is 1. The second-order valence-corrected chi connectivity index (χ2v) is 6.80. The third kappa shape index (κ3) is 4.37.